The number of carbonyl (C=O) groups excluding carboxylic acids is 2. The third kappa shape index (κ3) is 5.05. The molecule has 2 aromatic rings. The van der Waals surface area contributed by atoms with Crippen molar-refractivity contribution in [3.63, 3.8) is 0 Å². The van der Waals surface area contributed by atoms with E-state index in [9.17, 15) is 18.8 Å². The van der Waals surface area contributed by atoms with Crippen molar-refractivity contribution in [2.24, 2.45) is 5.92 Å². The second-order valence-electron chi connectivity index (χ2n) is 6.93. The van der Waals surface area contributed by atoms with Crippen LogP contribution in [-0.2, 0) is 20.9 Å². The molecule has 0 radical (unpaired) electrons. The number of nitrogens with zero attached hydrogens (tertiary/aromatic N) is 2. The zero-order valence-electron chi connectivity index (χ0n) is 15.5. The van der Waals surface area contributed by atoms with E-state index < -0.39 is 30.7 Å². The van der Waals surface area contributed by atoms with Crippen LogP contribution in [0.1, 0.15) is 32.6 Å². The van der Waals surface area contributed by atoms with Crippen LogP contribution in [0.15, 0.2) is 33.5 Å². The normalized spacial score (nSPS) is 19.2. The molecule has 9 heteroatoms. The molecule has 1 saturated carbocycles. The molecular weight excluding hydrogens is 369 g/mol. The monoisotopic (exact) mass is 391 g/mol. The first-order valence-electron chi connectivity index (χ1n) is 9.21. The highest BCUT2D eigenvalue weighted by molar-refractivity contribution is 5.80. The van der Waals surface area contributed by atoms with Gasteiger partial charge in [0.05, 0.1) is 0 Å². The van der Waals surface area contributed by atoms with E-state index in [-0.39, 0.29) is 17.8 Å². The summed E-state index contributed by atoms with van der Waals surface area (Å²) in [5, 5.41) is 6.77. The van der Waals surface area contributed by atoms with Crippen molar-refractivity contribution >= 4 is 11.9 Å². The van der Waals surface area contributed by atoms with Gasteiger partial charge in [-0.15, -0.1) is 5.10 Å². The molecule has 3 rings (SSSR count). The van der Waals surface area contributed by atoms with Gasteiger partial charge in [-0.3, -0.25) is 9.59 Å². The van der Waals surface area contributed by atoms with Gasteiger partial charge in [0.1, 0.15) is 12.4 Å². The van der Waals surface area contributed by atoms with E-state index in [1.165, 1.54) is 24.3 Å². The first kappa shape index (κ1) is 19.8. The summed E-state index contributed by atoms with van der Waals surface area (Å²) in [6, 6.07) is 5.30. The molecule has 150 valence electrons. The van der Waals surface area contributed by atoms with E-state index in [1.54, 1.807) is 0 Å². The van der Waals surface area contributed by atoms with Crippen LogP contribution in [0.3, 0.4) is 0 Å². The van der Waals surface area contributed by atoms with Gasteiger partial charge in [-0.25, -0.2) is 9.18 Å². The van der Waals surface area contributed by atoms with Crippen LogP contribution >= 0.6 is 0 Å². The van der Waals surface area contributed by atoms with Crippen LogP contribution in [0.4, 0.5) is 4.39 Å². The number of ether oxygens (including phenoxy) is 1. The Morgan fingerprint density at radius 2 is 2.00 bits per heavy atom. The first-order valence-corrected chi connectivity index (χ1v) is 9.21. The molecule has 8 nitrogen and oxygen atoms in total. The molecule has 28 heavy (non-hydrogen) atoms. The molecule has 1 aliphatic rings. The summed E-state index contributed by atoms with van der Waals surface area (Å²) in [7, 11) is 0. The number of hydrogen-bond donors (Lipinski definition) is 1. The minimum Gasteiger partial charge on any atom is -0.454 e. The molecule has 1 N–H and O–H groups in total. The predicted octanol–water partition coefficient (Wildman–Crippen LogP) is 1.88. The van der Waals surface area contributed by atoms with Gasteiger partial charge in [0.15, 0.2) is 6.61 Å². The molecular formula is C19H22FN3O5. The number of hydrogen-bond acceptors (Lipinski definition) is 6. The molecule has 1 fully saturated rings. The fourth-order valence-corrected chi connectivity index (χ4v) is 3.21. The minimum atomic E-state index is -0.850. The zero-order valence-corrected chi connectivity index (χ0v) is 15.5. The third-order valence-corrected chi connectivity index (χ3v) is 4.80. The second-order valence-corrected chi connectivity index (χ2v) is 6.93. The Labute approximate surface area is 160 Å². The first-order chi connectivity index (χ1) is 13.4. The predicted molar refractivity (Wildman–Crippen MR) is 96.7 cm³/mol. The summed E-state index contributed by atoms with van der Waals surface area (Å²) in [6.45, 7) is 1.18. The van der Waals surface area contributed by atoms with Crippen molar-refractivity contribution in [2.75, 3.05) is 6.61 Å². The van der Waals surface area contributed by atoms with Gasteiger partial charge in [-0.2, -0.15) is 4.68 Å². The Hall–Kier alpha value is -2.97. The van der Waals surface area contributed by atoms with E-state index in [2.05, 4.69) is 17.3 Å². The molecule has 2 atom stereocenters. The molecule has 0 saturated heterocycles. The average molecular weight is 391 g/mol. The lowest BCUT2D eigenvalue weighted by atomic mass is 9.86. The molecule has 1 aliphatic carbocycles. The summed E-state index contributed by atoms with van der Waals surface area (Å²) in [4.78, 5) is 35.7. The van der Waals surface area contributed by atoms with Crippen LogP contribution in [0.25, 0.3) is 11.5 Å². The highest BCUT2D eigenvalue weighted by Crippen LogP contribution is 2.23. The smallest absolute Gasteiger partial charge is 0.437 e. The van der Waals surface area contributed by atoms with Crippen LogP contribution in [0, 0.1) is 11.7 Å². The van der Waals surface area contributed by atoms with E-state index in [4.69, 9.17) is 9.15 Å². The van der Waals surface area contributed by atoms with Gasteiger partial charge in [0.2, 0.25) is 5.89 Å². The summed E-state index contributed by atoms with van der Waals surface area (Å²) in [5.74, 6) is -2.08. The van der Waals surface area contributed by atoms with Crippen molar-refractivity contribution in [1.29, 1.82) is 0 Å². The van der Waals surface area contributed by atoms with Crippen molar-refractivity contribution in [3.05, 3.63) is 40.6 Å². The Morgan fingerprint density at radius 3 is 2.71 bits per heavy atom. The fourth-order valence-electron chi connectivity index (χ4n) is 3.21. The van der Waals surface area contributed by atoms with E-state index >= 15 is 0 Å². The van der Waals surface area contributed by atoms with Gasteiger partial charge >= 0.3 is 11.7 Å². The summed E-state index contributed by atoms with van der Waals surface area (Å²) < 4.78 is 23.7. The SMILES string of the molecule is CC1CCCCC1NC(=O)COC(=O)Cn1nc(-c2ccc(F)cc2)oc1=O. The van der Waals surface area contributed by atoms with Gasteiger partial charge in [-0.05, 0) is 43.0 Å². The molecule has 1 aromatic carbocycles. The third-order valence-electron chi connectivity index (χ3n) is 4.80. The van der Waals surface area contributed by atoms with E-state index in [0.717, 1.165) is 30.4 Å². The number of amides is 1. The van der Waals surface area contributed by atoms with Crippen molar-refractivity contribution < 1.29 is 23.1 Å². The van der Waals surface area contributed by atoms with Crippen LogP contribution in [0.5, 0.6) is 0 Å². The Morgan fingerprint density at radius 1 is 1.29 bits per heavy atom. The number of aromatic nitrogens is 2. The molecule has 0 bridgehead atoms. The average Bonchev–Trinajstić information content (AvgIpc) is 3.03. The van der Waals surface area contributed by atoms with Crippen LogP contribution in [-0.4, -0.2) is 34.3 Å². The topological polar surface area (TPSA) is 103 Å². The maximum atomic E-state index is 13.0. The van der Waals surface area contributed by atoms with Crippen molar-refractivity contribution in [3.8, 4) is 11.5 Å². The molecule has 2 unspecified atom stereocenters. The van der Waals surface area contributed by atoms with Gasteiger partial charge < -0.3 is 14.5 Å². The number of rotatable bonds is 6. The lowest BCUT2D eigenvalue weighted by molar-refractivity contribution is -0.149. The standard InChI is InChI=1S/C19H22FN3O5/c1-12-4-2-3-5-15(12)21-16(24)11-27-17(25)10-23-19(26)28-18(22-23)13-6-8-14(20)9-7-13/h6-9,12,15H,2-5,10-11H2,1H3,(H,21,24). The number of benzene rings is 1. The van der Waals surface area contributed by atoms with Gasteiger partial charge in [-0.1, -0.05) is 19.8 Å². The van der Waals surface area contributed by atoms with E-state index in [0.29, 0.717) is 11.5 Å². The van der Waals surface area contributed by atoms with Crippen molar-refractivity contribution in [2.45, 2.75) is 45.2 Å². The van der Waals surface area contributed by atoms with Crippen molar-refractivity contribution in [1.82, 2.24) is 15.1 Å². The number of nitrogens with one attached hydrogen (secondary N) is 1. The maximum Gasteiger partial charge on any atom is 0.437 e. The summed E-state index contributed by atoms with van der Waals surface area (Å²) >= 11 is 0. The molecule has 0 aliphatic heterocycles. The lowest BCUT2D eigenvalue weighted by Crippen LogP contribution is -2.43. The summed E-state index contributed by atoms with van der Waals surface area (Å²) in [6.07, 6.45) is 4.22. The van der Waals surface area contributed by atoms with Gasteiger partial charge in [0, 0.05) is 11.6 Å². The largest absolute Gasteiger partial charge is 0.454 e. The summed E-state index contributed by atoms with van der Waals surface area (Å²) in [5.41, 5.74) is 0.395. The fraction of sp³-hybridized carbons (Fsp3) is 0.474. The minimum absolute atomic E-state index is 0.0400. The molecule has 1 heterocycles. The number of carbonyl (C=O) groups is 2. The Kier molecular flexibility index (Phi) is 6.23. The molecule has 1 amide bonds. The van der Waals surface area contributed by atoms with Gasteiger partial charge in [0.25, 0.3) is 5.91 Å². The number of halogens is 1. The zero-order chi connectivity index (χ0) is 20.1. The maximum absolute atomic E-state index is 13.0. The molecule has 1 aromatic heterocycles. The van der Waals surface area contributed by atoms with Crippen LogP contribution in [0.2, 0.25) is 0 Å². The highest BCUT2D eigenvalue weighted by Gasteiger charge is 2.23. The Balaban J connectivity index is 1.51. The lowest BCUT2D eigenvalue weighted by Gasteiger charge is -2.29. The number of esters is 1. The second kappa shape index (κ2) is 8.81. The van der Waals surface area contributed by atoms with E-state index in [1.807, 2.05) is 0 Å². The van der Waals surface area contributed by atoms with Crippen LogP contribution < -0.4 is 11.1 Å². The molecule has 0 spiro atoms. The highest BCUT2D eigenvalue weighted by atomic mass is 19.1. The Bertz CT molecular complexity index is 890. The quantitative estimate of drug-likeness (QED) is 0.754.